The van der Waals surface area contributed by atoms with Gasteiger partial charge in [-0.1, -0.05) is 158 Å². The van der Waals surface area contributed by atoms with Crippen LogP contribution in [0.5, 0.6) is 0 Å². The lowest BCUT2D eigenvalue weighted by Crippen LogP contribution is -2.06. The van der Waals surface area contributed by atoms with Gasteiger partial charge in [-0.25, -0.2) is 9.97 Å². The van der Waals surface area contributed by atoms with Crippen molar-refractivity contribution >= 4 is 92.5 Å². The van der Waals surface area contributed by atoms with Crippen molar-refractivity contribution in [3.8, 4) is 28.2 Å². The number of fused-ring (bicyclic) bond motifs is 13. The van der Waals surface area contributed by atoms with Crippen LogP contribution in [0.4, 0.5) is 0 Å². The zero-order valence-corrected chi connectivity index (χ0v) is 31.3. The third kappa shape index (κ3) is 4.23. The van der Waals surface area contributed by atoms with E-state index >= 15 is 0 Å². The van der Waals surface area contributed by atoms with Gasteiger partial charge < -0.3 is 0 Å². The molecule has 0 radical (unpaired) electrons. The highest BCUT2D eigenvalue weighted by Gasteiger charge is 2.25. The molecule has 3 heterocycles. The third-order valence-electron chi connectivity index (χ3n) is 12.3. The van der Waals surface area contributed by atoms with Gasteiger partial charge in [-0.3, -0.25) is 8.97 Å². The number of benzene rings is 10. The number of imidazole rings is 1. The van der Waals surface area contributed by atoms with Crippen LogP contribution >= 0.6 is 0 Å². The second kappa shape index (κ2) is 11.8. The summed E-state index contributed by atoms with van der Waals surface area (Å²) in [5.41, 5.74) is 11.0. The van der Waals surface area contributed by atoms with Gasteiger partial charge in [-0.05, 0) is 96.4 Å². The summed E-state index contributed by atoms with van der Waals surface area (Å²) in [6.07, 6.45) is 0. The molecule has 0 unspecified atom stereocenters. The van der Waals surface area contributed by atoms with Gasteiger partial charge in [0.1, 0.15) is 5.65 Å². The third-order valence-corrected chi connectivity index (χ3v) is 12.3. The molecule has 13 aromatic rings. The maximum atomic E-state index is 5.48. The predicted octanol–water partition coefficient (Wildman–Crippen LogP) is 14.1. The normalized spacial score (nSPS) is 12.1. The van der Waals surface area contributed by atoms with Crippen molar-refractivity contribution < 1.29 is 0 Å². The number of rotatable bonds is 3. The van der Waals surface area contributed by atoms with Crippen LogP contribution in [0.2, 0.25) is 0 Å². The monoisotopic (exact) mass is 736 g/mol. The van der Waals surface area contributed by atoms with E-state index in [1.165, 1.54) is 76.1 Å². The zero-order valence-electron chi connectivity index (χ0n) is 31.3. The first kappa shape index (κ1) is 31.4. The second-order valence-electron chi connectivity index (χ2n) is 15.3. The smallest absolute Gasteiger partial charge is 0.221 e. The Labute approximate surface area is 332 Å². The minimum absolute atomic E-state index is 0.821. The van der Waals surface area contributed by atoms with Crippen molar-refractivity contribution in [3.05, 3.63) is 194 Å². The van der Waals surface area contributed by atoms with E-state index in [1.54, 1.807) is 0 Å². The summed E-state index contributed by atoms with van der Waals surface area (Å²) >= 11 is 0. The summed E-state index contributed by atoms with van der Waals surface area (Å²) in [5, 5.41) is 13.2. The molecule has 0 N–H and O–H groups in total. The lowest BCUT2D eigenvalue weighted by molar-refractivity contribution is 0.982. The van der Waals surface area contributed by atoms with Crippen LogP contribution in [0.1, 0.15) is 0 Å². The summed E-state index contributed by atoms with van der Waals surface area (Å²) in [4.78, 5) is 10.7. The molecule has 0 fully saturated rings. The molecule has 0 aliphatic rings. The Kier molecular flexibility index (Phi) is 6.41. The largest absolute Gasteiger partial charge is 0.278 e. The number of para-hydroxylation sites is 4. The number of hydrogen-bond acceptors (Lipinski definition) is 2. The van der Waals surface area contributed by atoms with Crippen molar-refractivity contribution in [2.45, 2.75) is 0 Å². The Bertz CT molecular complexity index is 3810. The molecule has 3 aromatic heterocycles. The van der Waals surface area contributed by atoms with Crippen molar-refractivity contribution in [1.29, 1.82) is 0 Å². The van der Waals surface area contributed by atoms with Crippen LogP contribution in [0.25, 0.3) is 121 Å². The number of aromatic nitrogens is 4. The van der Waals surface area contributed by atoms with E-state index in [0.717, 1.165) is 44.6 Å². The highest BCUT2D eigenvalue weighted by Crippen LogP contribution is 2.49. The Hall–Kier alpha value is -7.82. The van der Waals surface area contributed by atoms with E-state index in [9.17, 15) is 0 Å². The molecule has 268 valence electrons. The van der Waals surface area contributed by atoms with Crippen LogP contribution in [-0.4, -0.2) is 18.9 Å². The van der Waals surface area contributed by atoms with Crippen molar-refractivity contribution in [2.24, 2.45) is 0 Å². The molecule has 0 atom stereocenters. The molecule has 10 aromatic carbocycles. The lowest BCUT2D eigenvalue weighted by atomic mass is 9.83. The molecule has 4 nitrogen and oxygen atoms in total. The summed E-state index contributed by atoms with van der Waals surface area (Å²) in [6.45, 7) is 0. The Balaban J connectivity index is 1.20. The quantitative estimate of drug-likeness (QED) is 0.169. The fourth-order valence-electron chi connectivity index (χ4n) is 9.87. The summed E-state index contributed by atoms with van der Waals surface area (Å²) < 4.78 is 4.63. The molecule has 0 amide bonds. The standard InChI is InChI=1S/C54H32N4/c1-2-18-34-33(16-1)17-15-27-37(34)50-38-21-4-6-23-40(38)51(41-24-7-5-22-39(41)50)44-32-45-36-20-10-13-30-48(36)57(52(45)42-25-8-3-19-35(42)44)54-56-46-28-11-9-26-43(46)53-55-47-29-12-14-31-49(47)58(53)54/h1-32H. The predicted molar refractivity (Wildman–Crippen MR) is 243 cm³/mol. The van der Waals surface area contributed by atoms with Crippen LogP contribution in [0, 0.1) is 0 Å². The molecule has 0 aliphatic heterocycles. The van der Waals surface area contributed by atoms with Gasteiger partial charge >= 0.3 is 0 Å². The van der Waals surface area contributed by atoms with Gasteiger partial charge in [0.2, 0.25) is 5.95 Å². The van der Waals surface area contributed by atoms with Crippen LogP contribution in [0.15, 0.2) is 194 Å². The molecular weight excluding hydrogens is 705 g/mol. The average Bonchev–Trinajstić information content (AvgIpc) is 3.85. The van der Waals surface area contributed by atoms with E-state index in [4.69, 9.17) is 9.97 Å². The lowest BCUT2D eigenvalue weighted by Gasteiger charge is -2.20. The van der Waals surface area contributed by atoms with Gasteiger partial charge in [0, 0.05) is 21.5 Å². The fourth-order valence-corrected chi connectivity index (χ4v) is 9.87. The summed E-state index contributed by atoms with van der Waals surface area (Å²) in [7, 11) is 0. The van der Waals surface area contributed by atoms with Crippen molar-refractivity contribution in [3.63, 3.8) is 0 Å². The Morgan fingerprint density at radius 1 is 0.328 bits per heavy atom. The van der Waals surface area contributed by atoms with Gasteiger partial charge in [-0.15, -0.1) is 0 Å². The average molecular weight is 737 g/mol. The fraction of sp³-hybridized carbons (Fsp3) is 0. The molecule has 0 saturated heterocycles. The summed E-state index contributed by atoms with van der Waals surface area (Å²) in [6, 6.07) is 70.3. The van der Waals surface area contributed by atoms with Crippen molar-refractivity contribution in [1.82, 2.24) is 18.9 Å². The second-order valence-corrected chi connectivity index (χ2v) is 15.3. The summed E-state index contributed by atoms with van der Waals surface area (Å²) in [5.74, 6) is 0.821. The minimum Gasteiger partial charge on any atom is -0.278 e. The molecule has 0 saturated carbocycles. The topological polar surface area (TPSA) is 35.1 Å². The van der Waals surface area contributed by atoms with Crippen LogP contribution in [0.3, 0.4) is 0 Å². The highest BCUT2D eigenvalue weighted by molar-refractivity contribution is 6.29. The number of hydrogen-bond donors (Lipinski definition) is 0. The van der Waals surface area contributed by atoms with Crippen LogP contribution < -0.4 is 0 Å². The Morgan fingerprint density at radius 3 is 1.57 bits per heavy atom. The van der Waals surface area contributed by atoms with E-state index < -0.39 is 0 Å². The van der Waals surface area contributed by atoms with Gasteiger partial charge in [-0.2, -0.15) is 0 Å². The van der Waals surface area contributed by atoms with E-state index in [0.29, 0.717) is 0 Å². The Morgan fingerprint density at radius 2 is 0.845 bits per heavy atom. The molecule has 13 rings (SSSR count). The maximum absolute atomic E-state index is 5.48. The highest BCUT2D eigenvalue weighted by atomic mass is 15.2. The van der Waals surface area contributed by atoms with Crippen molar-refractivity contribution in [2.75, 3.05) is 0 Å². The first-order chi connectivity index (χ1) is 28.8. The molecule has 0 spiro atoms. The van der Waals surface area contributed by atoms with E-state index in [-0.39, 0.29) is 0 Å². The van der Waals surface area contributed by atoms with Gasteiger partial charge in [0.05, 0.1) is 27.6 Å². The van der Waals surface area contributed by atoms with Gasteiger partial charge in [0.15, 0.2) is 0 Å². The van der Waals surface area contributed by atoms with Crippen LogP contribution in [-0.2, 0) is 0 Å². The first-order valence-electron chi connectivity index (χ1n) is 19.8. The minimum atomic E-state index is 0.821. The van der Waals surface area contributed by atoms with E-state index in [1.807, 2.05) is 0 Å². The molecule has 4 heteroatoms. The molecular formula is C54H32N4. The molecule has 0 aliphatic carbocycles. The van der Waals surface area contributed by atoms with E-state index in [2.05, 4.69) is 203 Å². The SMILES string of the molecule is c1ccc2c(-c3c4ccccc4c(-c4cc5c6ccccc6n(-c6nc7ccccc7c7nc8ccccc8n67)c5c5ccccc45)c4ccccc34)cccc2c1. The molecule has 0 bridgehead atoms. The zero-order chi connectivity index (χ0) is 37.9. The molecule has 58 heavy (non-hydrogen) atoms. The first-order valence-corrected chi connectivity index (χ1v) is 19.8. The van der Waals surface area contributed by atoms with Gasteiger partial charge in [0.25, 0.3) is 0 Å². The maximum Gasteiger partial charge on any atom is 0.221 e. The number of nitrogens with zero attached hydrogens (tertiary/aromatic N) is 4.